The third kappa shape index (κ3) is 5.70. The first-order valence-electron chi connectivity index (χ1n) is 5.97. The third-order valence-corrected chi connectivity index (χ3v) is 4.37. The van der Waals surface area contributed by atoms with Crippen molar-refractivity contribution in [2.45, 2.75) is 45.6 Å². The fourth-order valence-corrected chi connectivity index (χ4v) is 4.09. The second-order valence-electron chi connectivity index (χ2n) is 4.84. The first kappa shape index (κ1) is 13.2. The van der Waals surface area contributed by atoms with Crippen molar-refractivity contribution in [2.75, 3.05) is 26.0 Å². The minimum absolute atomic E-state index is 0.0628. The zero-order chi connectivity index (χ0) is 11.3. The number of hydrogen-bond acceptors (Lipinski definition) is 3. The molecule has 1 aliphatic rings. The van der Waals surface area contributed by atoms with Crippen LogP contribution in [0.1, 0.15) is 39.5 Å². The minimum Gasteiger partial charge on any atom is -0.325 e. The molecule has 0 aromatic rings. The van der Waals surface area contributed by atoms with Gasteiger partial charge >= 0.3 is 0 Å². The highest BCUT2D eigenvalue weighted by Gasteiger charge is 2.22. The molecule has 0 bridgehead atoms. The molecule has 1 saturated heterocycles. The number of nitrogens with zero attached hydrogens (tertiary/aromatic N) is 1. The monoisotopic (exact) mass is 233 g/mol. The number of hydrogen-bond donors (Lipinski definition) is 0. The molecule has 1 rings (SSSR count). The average molecular weight is 233 g/mol. The second-order valence-corrected chi connectivity index (χ2v) is 7.36. The number of likely N-dealkylation sites (tertiary alicyclic amines) is 1. The highest BCUT2D eigenvalue weighted by molar-refractivity contribution is 7.58. The van der Waals surface area contributed by atoms with Crippen LogP contribution in [0.4, 0.5) is 0 Å². The Kier molecular flexibility index (Phi) is 5.31. The van der Waals surface area contributed by atoms with E-state index in [1.165, 1.54) is 25.7 Å². The fourth-order valence-electron chi connectivity index (χ4n) is 2.12. The van der Waals surface area contributed by atoms with Crippen molar-refractivity contribution in [2.24, 2.45) is 0 Å². The van der Waals surface area contributed by atoms with Crippen LogP contribution < -0.4 is 0 Å². The molecule has 0 amide bonds. The van der Waals surface area contributed by atoms with Gasteiger partial charge in [-0.3, -0.25) is 9.46 Å². The predicted octanol–water partition coefficient (Wildman–Crippen LogP) is 3.15. The van der Waals surface area contributed by atoms with Crippen molar-refractivity contribution in [1.82, 2.24) is 4.90 Å². The standard InChI is InChI=1S/C11H24NO2P/c1-11(2)14-15(3,13)10-12-8-6-4-5-7-9-12/h11H,4-10H2,1-3H3. The van der Waals surface area contributed by atoms with E-state index in [0.29, 0.717) is 6.29 Å². The summed E-state index contributed by atoms with van der Waals surface area (Å²) in [6.45, 7) is 7.81. The Morgan fingerprint density at radius 3 is 2.20 bits per heavy atom. The molecule has 15 heavy (non-hydrogen) atoms. The topological polar surface area (TPSA) is 29.5 Å². The van der Waals surface area contributed by atoms with Gasteiger partial charge in [0.1, 0.15) is 0 Å². The summed E-state index contributed by atoms with van der Waals surface area (Å²) in [6, 6.07) is 0. The summed E-state index contributed by atoms with van der Waals surface area (Å²) >= 11 is 0. The summed E-state index contributed by atoms with van der Waals surface area (Å²) < 4.78 is 17.6. The molecule has 1 heterocycles. The first-order chi connectivity index (χ1) is 6.99. The summed E-state index contributed by atoms with van der Waals surface area (Å²) in [5, 5.41) is 0. The molecular formula is C11H24NO2P. The third-order valence-electron chi connectivity index (χ3n) is 2.59. The van der Waals surface area contributed by atoms with Gasteiger partial charge in [0.15, 0.2) is 0 Å². The average Bonchev–Trinajstić information content (AvgIpc) is 2.29. The predicted molar refractivity (Wildman–Crippen MR) is 64.7 cm³/mol. The smallest absolute Gasteiger partial charge is 0.213 e. The fraction of sp³-hybridized carbons (Fsp3) is 1.00. The van der Waals surface area contributed by atoms with E-state index < -0.39 is 7.37 Å². The highest BCUT2D eigenvalue weighted by atomic mass is 31.2. The first-order valence-corrected chi connectivity index (χ1v) is 8.22. The van der Waals surface area contributed by atoms with Crippen LogP contribution in [0.25, 0.3) is 0 Å². The van der Waals surface area contributed by atoms with Crippen molar-refractivity contribution in [3.63, 3.8) is 0 Å². The number of rotatable bonds is 4. The Morgan fingerprint density at radius 1 is 1.20 bits per heavy atom. The van der Waals surface area contributed by atoms with Gasteiger partial charge < -0.3 is 4.52 Å². The molecule has 1 aliphatic heterocycles. The molecule has 1 atom stereocenters. The highest BCUT2D eigenvalue weighted by Crippen LogP contribution is 2.44. The lowest BCUT2D eigenvalue weighted by Crippen LogP contribution is -2.26. The summed E-state index contributed by atoms with van der Waals surface area (Å²) in [6.07, 6.45) is 5.80. The van der Waals surface area contributed by atoms with Crippen molar-refractivity contribution in [1.29, 1.82) is 0 Å². The molecule has 0 aliphatic carbocycles. The minimum atomic E-state index is -2.41. The maximum atomic E-state index is 12.1. The Morgan fingerprint density at radius 2 is 1.73 bits per heavy atom. The molecule has 0 saturated carbocycles. The van der Waals surface area contributed by atoms with Gasteiger partial charge in [-0.15, -0.1) is 0 Å². The molecule has 1 unspecified atom stereocenters. The van der Waals surface area contributed by atoms with Gasteiger partial charge in [-0.2, -0.15) is 0 Å². The van der Waals surface area contributed by atoms with Gasteiger partial charge in [0.25, 0.3) is 0 Å². The van der Waals surface area contributed by atoms with Gasteiger partial charge in [0, 0.05) is 6.66 Å². The molecule has 90 valence electrons. The van der Waals surface area contributed by atoms with Crippen molar-refractivity contribution >= 4 is 7.37 Å². The van der Waals surface area contributed by atoms with E-state index in [0.717, 1.165) is 13.1 Å². The van der Waals surface area contributed by atoms with Crippen molar-refractivity contribution in [3.8, 4) is 0 Å². The van der Waals surface area contributed by atoms with E-state index in [4.69, 9.17) is 4.52 Å². The van der Waals surface area contributed by atoms with Gasteiger partial charge in [-0.1, -0.05) is 12.8 Å². The van der Waals surface area contributed by atoms with E-state index in [-0.39, 0.29) is 6.10 Å². The summed E-state index contributed by atoms with van der Waals surface area (Å²) in [5.41, 5.74) is 0. The molecule has 0 N–H and O–H groups in total. The molecule has 0 spiro atoms. The van der Waals surface area contributed by atoms with Crippen LogP contribution in [0.2, 0.25) is 0 Å². The van der Waals surface area contributed by atoms with Crippen LogP contribution in [0.5, 0.6) is 0 Å². The molecule has 1 fully saturated rings. The van der Waals surface area contributed by atoms with E-state index in [9.17, 15) is 4.57 Å². The molecule has 4 heteroatoms. The van der Waals surface area contributed by atoms with Crippen LogP contribution in [0.3, 0.4) is 0 Å². The largest absolute Gasteiger partial charge is 0.325 e. The lowest BCUT2D eigenvalue weighted by molar-refractivity contribution is 0.228. The summed E-state index contributed by atoms with van der Waals surface area (Å²) in [5.74, 6) is 0. The zero-order valence-electron chi connectivity index (χ0n) is 10.2. The zero-order valence-corrected chi connectivity index (χ0v) is 11.1. The second kappa shape index (κ2) is 6.03. The van der Waals surface area contributed by atoms with E-state index >= 15 is 0 Å². The van der Waals surface area contributed by atoms with Gasteiger partial charge in [0.2, 0.25) is 7.37 Å². The van der Waals surface area contributed by atoms with Crippen molar-refractivity contribution in [3.05, 3.63) is 0 Å². The Hall–Kier alpha value is 0.150. The van der Waals surface area contributed by atoms with Crippen LogP contribution in [-0.4, -0.2) is 37.0 Å². The Labute approximate surface area is 93.6 Å². The molecule has 0 aromatic heterocycles. The quantitative estimate of drug-likeness (QED) is 0.698. The van der Waals surface area contributed by atoms with Crippen LogP contribution >= 0.6 is 7.37 Å². The van der Waals surface area contributed by atoms with E-state index in [2.05, 4.69) is 4.90 Å². The van der Waals surface area contributed by atoms with E-state index in [1.54, 1.807) is 6.66 Å². The maximum Gasteiger partial charge on any atom is 0.213 e. The van der Waals surface area contributed by atoms with Gasteiger partial charge in [-0.05, 0) is 39.8 Å². The van der Waals surface area contributed by atoms with Crippen LogP contribution in [0.15, 0.2) is 0 Å². The van der Waals surface area contributed by atoms with Crippen molar-refractivity contribution < 1.29 is 9.09 Å². The van der Waals surface area contributed by atoms with E-state index in [1.807, 2.05) is 13.8 Å². The van der Waals surface area contributed by atoms with Gasteiger partial charge in [-0.25, -0.2) is 0 Å². The van der Waals surface area contributed by atoms with Crippen LogP contribution in [0, 0.1) is 0 Å². The Balaban J connectivity index is 2.40. The Bertz CT molecular complexity index is 223. The lowest BCUT2D eigenvalue weighted by Gasteiger charge is -2.25. The summed E-state index contributed by atoms with van der Waals surface area (Å²) in [7, 11) is -2.41. The molecule has 0 aromatic carbocycles. The normalized spacial score (nSPS) is 23.7. The SMILES string of the molecule is CC(C)OP(C)(=O)CN1CCCCCC1. The molecule has 3 nitrogen and oxygen atoms in total. The maximum absolute atomic E-state index is 12.1. The molecular weight excluding hydrogens is 209 g/mol. The lowest BCUT2D eigenvalue weighted by atomic mass is 10.2. The van der Waals surface area contributed by atoms with Crippen LogP contribution in [-0.2, 0) is 9.09 Å². The molecule has 0 radical (unpaired) electrons. The van der Waals surface area contributed by atoms with Gasteiger partial charge in [0.05, 0.1) is 12.4 Å². The summed E-state index contributed by atoms with van der Waals surface area (Å²) in [4.78, 5) is 2.30.